The van der Waals surface area contributed by atoms with Crippen LogP contribution in [-0.4, -0.2) is 15.3 Å². The van der Waals surface area contributed by atoms with Gasteiger partial charge in [-0.1, -0.05) is 48.5 Å². The predicted octanol–water partition coefficient (Wildman–Crippen LogP) is 4.96. The molecule has 132 valence electrons. The van der Waals surface area contributed by atoms with E-state index in [0.717, 1.165) is 33.7 Å². The van der Waals surface area contributed by atoms with Crippen molar-refractivity contribution in [2.24, 2.45) is 0 Å². The normalized spacial score (nSPS) is 11.1. The Hall–Kier alpha value is -3.66. The van der Waals surface area contributed by atoms with E-state index in [1.165, 1.54) is 0 Å². The van der Waals surface area contributed by atoms with E-state index in [-0.39, 0.29) is 5.91 Å². The molecule has 0 saturated carbocycles. The fourth-order valence-corrected chi connectivity index (χ4v) is 2.90. The topological polar surface area (TPSA) is 46.4 Å². The molecule has 0 saturated heterocycles. The number of anilines is 1. The first-order chi connectivity index (χ1) is 13.2. The lowest BCUT2D eigenvalue weighted by atomic mass is 10.1. The van der Waals surface area contributed by atoms with E-state index in [9.17, 15) is 4.79 Å². The summed E-state index contributed by atoms with van der Waals surface area (Å²) in [4.78, 5) is 17.0. The summed E-state index contributed by atoms with van der Waals surface area (Å²) < 4.78 is 1.98. The van der Waals surface area contributed by atoms with E-state index < -0.39 is 0 Å². The minimum absolute atomic E-state index is 0.158. The smallest absolute Gasteiger partial charge is 0.248 e. The van der Waals surface area contributed by atoms with Gasteiger partial charge in [0.25, 0.3) is 0 Å². The van der Waals surface area contributed by atoms with Crippen LogP contribution < -0.4 is 5.32 Å². The van der Waals surface area contributed by atoms with Gasteiger partial charge in [0.05, 0.1) is 5.69 Å². The summed E-state index contributed by atoms with van der Waals surface area (Å²) in [5.74, 6) is -0.158. The predicted molar refractivity (Wildman–Crippen MR) is 109 cm³/mol. The van der Waals surface area contributed by atoms with E-state index in [0.29, 0.717) is 0 Å². The van der Waals surface area contributed by atoms with E-state index in [2.05, 4.69) is 10.3 Å². The standard InChI is InChI=1S/C23H19N3O/c1-17-10-12-19(21-16-26-14-6-5-9-22(26)24-21)15-20(17)25-23(27)13-11-18-7-3-2-4-8-18/h2-16H,1H3,(H,25,27)/b13-11+. The molecule has 0 spiro atoms. The molecule has 0 aliphatic rings. The molecular formula is C23H19N3O. The average molecular weight is 353 g/mol. The van der Waals surface area contributed by atoms with Crippen LogP contribution in [-0.2, 0) is 4.79 Å². The van der Waals surface area contributed by atoms with Gasteiger partial charge in [0.1, 0.15) is 5.65 Å². The second kappa shape index (κ2) is 7.30. The lowest BCUT2D eigenvalue weighted by Crippen LogP contribution is -2.09. The highest BCUT2D eigenvalue weighted by Gasteiger charge is 2.08. The summed E-state index contributed by atoms with van der Waals surface area (Å²) in [6.07, 6.45) is 7.31. The molecule has 0 bridgehead atoms. The fraction of sp³-hybridized carbons (Fsp3) is 0.0435. The van der Waals surface area contributed by atoms with Crippen molar-refractivity contribution in [3.8, 4) is 11.3 Å². The number of amides is 1. The Kier molecular flexibility index (Phi) is 4.54. The van der Waals surface area contributed by atoms with Crippen LogP contribution in [0.3, 0.4) is 0 Å². The molecule has 4 nitrogen and oxygen atoms in total. The molecule has 27 heavy (non-hydrogen) atoms. The second-order valence-electron chi connectivity index (χ2n) is 6.36. The average Bonchev–Trinajstić information content (AvgIpc) is 3.13. The highest BCUT2D eigenvalue weighted by atomic mass is 16.1. The molecule has 4 rings (SSSR count). The number of aromatic nitrogens is 2. The third-order valence-corrected chi connectivity index (χ3v) is 4.38. The second-order valence-corrected chi connectivity index (χ2v) is 6.36. The molecule has 0 unspecified atom stereocenters. The Morgan fingerprint density at radius 1 is 1.04 bits per heavy atom. The summed E-state index contributed by atoms with van der Waals surface area (Å²) >= 11 is 0. The maximum Gasteiger partial charge on any atom is 0.248 e. The first-order valence-corrected chi connectivity index (χ1v) is 8.78. The lowest BCUT2D eigenvalue weighted by Gasteiger charge is -2.08. The number of pyridine rings is 1. The van der Waals surface area contributed by atoms with Gasteiger partial charge in [-0.2, -0.15) is 0 Å². The summed E-state index contributed by atoms with van der Waals surface area (Å²) in [5.41, 5.74) is 5.51. The van der Waals surface area contributed by atoms with Crippen LogP contribution in [0.4, 0.5) is 5.69 Å². The zero-order valence-electron chi connectivity index (χ0n) is 15.0. The van der Waals surface area contributed by atoms with Gasteiger partial charge in [0, 0.05) is 29.7 Å². The van der Waals surface area contributed by atoms with Crippen LogP contribution in [0.2, 0.25) is 0 Å². The number of nitrogens with one attached hydrogen (secondary N) is 1. The molecule has 0 atom stereocenters. The largest absolute Gasteiger partial charge is 0.322 e. The minimum atomic E-state index is -0.158. The number of hydrogen-bond donors (Lipinski definition) is 1. The third kappa shape index (κ3) is 3.80. The molecule has 0 radical (unpaired) electrons. The molecule has 1 N–H and O–H groups in total. The van der Waals surface area contributed by atoms with Gasteiger partial charge in [-0.15, -0.1) is 0 Å². The third-order valence-electron chi connectivity index (χ3n) is 4.38. The Morgan fingerprint density at radius 2 is 1.85 bits per heavy atom. The molecule has 0 aliphatic heterocycles. The minimum Gasteiger partial charge on any atom is -0.322 e. The van der Waals surface area contributed by atoms with Crippen molar-refractivity contribution < 1.29 is 4.79 Å². The summed E-state index contributed by atoms with van der Waals surface area (Å²) in [7, 11) is 0. The van der Waals surface area contributed by atoms with E-state index in [1.54, 1.807) is 12.2 Å². The van der Waals surface area contributed by atoms with Crippen LogP contribution in [0.25, 0.3) is 23.0 Å². The summed E-state index contributed by atoms with van der Waals surface area (Å²) in [6.45, 7) is 1.98. The molecule has 4 aromatic rings. The monoisotopic (exact) mass is 353 g/mol. The van der Waals surface area contributed by atoms with Crippen molar-refractivity contribution in [2.45, 2.75) is 6.92 Å². The summed E-state index contributed by atoms with van der Waals surface area (Å²) in [5, 5.41) is 2.96. The molecule has 2 aromatic carbocycles. The highest BCUT2D eigenvalue weighted by Crippen LogP contribution is 2.25. The van der Waals surface area contributed by atoms with Crippen LogP contribution in [0.1, 0.15) is 11.1 Å². The van der Waals surface area contributed by atoms with Crippen molar-refractivity contribution in [2.75, 3.05) is 5.32 Å². The number of nitrogens with zero attached hydrogens (tertiary/aromatic N) is 2. The quantitative estimate of drug-likeness (QED) is 0.527. The SMILES string of the molecule is Cc1ccc(-c2cn3ccccc3n2)cc1NC(=O)/C=C/c1ccccc1. The van der Waals surface area contributed by atoms with E-state index in [1.807, 2.05) is 90.4 Å². The van der Waals surface area contributed by atoms with Crippen LogP contribution in [0.5, 0.6) is 0 Å². The number of rotatable bonds is 4. The number of carbonyl (C=O) groups excluding carboxylic acids is 1. The molecule has 0 aliphatic carbocycles. The first-order valence-electron chi connectivity index (χ1n) is 8.78. The molecule has 2 aromatic heterocycles. The number of fused-ring (bicyclic) bond motifs is 1. The molecular weight excluding hydrogens is 334 g/mol. The number of hydrogen-bond acceptors (Lipinski definition) is 2. The van der Waals surface area contributed by atoms with Gasteiger partial charge in [-0.25, -0.2) is 4.98 Å². The Balaban J connectivity index is 1.57. The van der Waals surface area contributed by atoms with Gasteiger partial charge in [0.15, 0.2) is 0 Å². The molecule has 0 fully saturated rings. The van der Waals surface area contributed by atoms with Gasteiger partial charge in [-0.05, 0) is 42.3 Å². The Bertz CT molecular complexity index is 1090. The van der Waals surface area contributed by atoms with Crippen molar-refractivity contribution in [3.05, 3.63) is 96.3 Å². The Labute approximate surface area is 157 Å². The fourth-order valence-electron chi connectivity index (χ4n) is 2.90. The van der Waals surface area contributed by atoms with Gasteiger partial charge < -0.3 is 9.72 Å². The number of carbonyl (C=O) groups is 1. The Morgan fingerprint density at radius 3 is 2.67 bits per heavy atom. The van der Waals surface area contributed by atoms with Gasteiger partial charge >= 0.3 is 0 Å². The maximum atomic E-state index is 12.3. The molecule has 2 heterocycles. The van der Waals surface area contributed by atoms with Crippen LogP contribution in [0, 0.1) is 6.92 Å². The van der Waals surface area contributed by atoms with Crippen molar-refractivity contribution in [3.63, 3.8) is 0 Å². The van der Waals surface area contributed by atoms with Crippen molar-refractivity contribution in [1.29, 1.82) is 0 Å². The number of benzene rings is 2. The van der Waals surface area contributed by atoms with Gasteiger partial charge in [-0.3, -0.25) is 4.79 Å². The van der Waals surface area contributed by atoms with Crippen LogP contribution >= 0.6 is 0 Å². The molecule has 1 amide bonds. The molecule has 4 heteroatoms. The van der Waals surface area contributed by atoms with Crippen LogP contribution in [0.15, 0.2) is 85.2 Å². The number of aryl methyl sites for hydroxylation is 1. The highest BCUT2D eigenvalue weighted by molar-refractivity contribution is 6.02. The lowest BCUT2D eigenvalue weighted by molar-refractivity contribution is -0.111. The van der Waals surface area contributed by atoms with E-state index in [4.69, 9.17) is 0 Å². The summed E-state index contributed by atoms with van der Waals surface area (Å²) in [6, 6.07) is 21.6. The first kappa shape index (κ1) is 16.8. The zero-order chi connectivity index (χ0) is 18.6. The zero-order valence-corrected chi connectivity index (χ0v) is 15.0. The number of imidazole rings is 1. The van der Waals surface area contributed by atoms with Crippen molar-refractivity contribution in [1.82, 2.24) is 9.38 Å². The maximum absolute atomic E-state index is 12.3. The van der Waals surface area contributed by atoms with E-state index >= 15 is 0 Å². The van der Waals surface area contributed by atoms with Gasteiger partial charge in [0.2, 0.25) is 5.91 Å². The van der Waals surface area contributed by atoms with Crippen molar-refractivity contribution >= 4 is 23.3 Å².